The number of pyridine rings is 1. The number of hydrogen-bond acceptors (Lipinski definition) is 4. The molecule has 0 fully saturated rings. The van der Waals surface area contributed by atoms with Crippen molar-refractivity contribution in [3.8, 4) is 0 Å². The fourth-order valence-electron chi connectivity index (χ4n) is 2.06. The van der Waals surface area contributed by atoms with Crippen LogP contribution < -0.4 is 9.62 Å². The summed E-state index contributed by atoms with van der Waals surface area (Å²) in [6, 6.07) is 12.4. The number of aromatic nitrogens is 1. The molecule has 0 atom stereocenters. The molecule has 2 rings (SSSR count). The van der Waals surface area contributed by atoms with E-state index in [0.717, 1.165) is 16.1 Å². The van der Waals surface area contributed by atoms with Crippen molar-refractivity contribution in [2.75, 3.05) is 17.1 Å². The number of benzene rings is 1. The minimum absolute atomic E-state index is 0.255. The SMILES string of the molecule is Cc1cccc(N(CC(=O)NCc2ccccn2)S(C)(=O)=O)c1. The van der Waals surface area contributed by atoms with Gasteiger partial charge in [-0.2, -0.15) is 0 Å². The number of amides is 1. The molecule has 23 heavy (non-hydrogen) atoms. The van der Waals surface area contributed by atoms with Crippen molar-refractivity contribution >= 4 is 21.6 Å². The maximum Gasteiger partial charge on any atom is 0.241 e. The lowest BCUT2D eigenvalue weighted by molar-refractivity contribution is -0.119. The summed E-state index contributed by atoms with van der Waals surface area (Å²) in [7, 11) is -3.56. The van der Waals surface area contributed by atoms with Crippen LogP contribution in [-0.4, -0.2) is 32.1 Å². The Bertz CT molecular complexity index is 776. The molecule has 1 N–H and O–H groups in total. The van der Waals surface area contributed by atoms with E-state index in [1.54, 1.807) is 36.5 Å². The van der Waals surface area contributed by atoms with Crippen LogP contribution in [0.3, 0.4) is 0 Å². The van der Waals surface area contributed by atoms with Gasteiger partial charge in [0, 0.05) is 6.20 Å². The number of anilines is 1. The molecule has 0 bridgehead atoms. The highest BCUT2D eigenvalue weighted by molar-refractivity contribution is 7.92. The molecule has 0 saturated heterocycles. The quantitative estimate of drug-likeness (QED) is 0.868. The minimum Gasteiger partial charge on any atom is -0.349 e. The molecular weight excluding hydrogens is 314 g/mol. The fourth-order valence-corrected chi connectivity index (χ4v) is 2.91. The van der Waals surface area contributed by atoms with Gasteiger partial charge in [-0.3, -0.25) is 14.1 Å². The first-order chi connectivity index (χ1) is 10.9. The van der Waals surface area contributed by atoms with Gasteiger partial charge in [0.2, 0.25) is 15.9 Å². The number of nitrogens with one attached hydrogen (secondary N) is 1. The van der Waals surface area contributed by atoms with Crippen LogP contribution in [0, 0.1) is 6.92 Å². The predicted octanol–water partition coefficient (Wildman–Crippen LogP) is 1.47. The molecule has 0 aliphatic heterocycles. The molecule has 0 radical (unpaired) electrons. The van der Waals surface area contributed by atoms with Crippen LogP contribution in [-0.2, 0) is 21.4 Å². The second kappa shape index (κ2) is 7.23. The van der Waals surface area contributed by atoms with E-state index in [9.17, 15) is 13.2 Å². The maximum absolute atomic E-state index is 12.1. The Hall–Kier alpha value is -2.41. The van der Waals surface area contributed by atoms with E-state index < -0.39 is 10.0 Å². The second-order valence-electron chi connectivity index (χ2n) is 5.21. The number of aryl methyl sites for hydroxylation is 1. The van der Waals surface area contributed by atoms with Crippen molar-refractivity contribution < 1.29 is 13.2 Å². The Balaban J connectivity index is 2.08. The van der Waals surface area contributed by atoms with Gasteiger partial charge in [-0.1, -0.05) is 18.2 Å². The average molecular weight is 333 g/mol. The molecule has 2 aromatic rings. The van der Waals surface area contributed by atoms with E-state index in [2.05, 4.69) is 10.3 Å². The van der Waals surface area contributed by atoms with Gasteiger partial charge < -0.3 is 5.32 Å². The molecule has 0 saturated carbocycles. The summed E-state index contributed by atoms with van der Waals surface area (Å²) in [5.41, 5.74) is 2.10. The van der Waals surface area contributed by atoms with Gasteiger partial charge in [-0.15, -0.1) is 0 Å². The normalized spacial score (nSPS) is 11.0. The zero-order chi connectivity index (χ0) is 16.9. The zero-order valence-electron chi connectivity index (χ0n) is 13.1. The first-order valence-corrected chi connectivity index (χ1v) is 8.92. The molecule has 122 valence electrons. The van der Waals surface area contributed by atoms with Crippen LogP contribution in [0.1, 0.15) is 11.3 Å². The highest BCUT2D eigenvalue weighted by atomic mass is 32.2. The Morgan fingerprint density at radius 2 is 2.00 bits per heavy atom. The van der Waals surface area contributed by atoms with Crippen molar-refractivity contribution in [3.63, 3.8) is 0 Å². The van der Waals surface area contributed by atoms with Crippen molar-refractivity contribution in [3.05, 3.63) is 59.9 Å². The van der Waals surface area contributed by atoms with Gasteiger partial charge in [0.15, 0.2) is 0 Å². The van der Waals surface area contributed by atoms with Crippen LogP contribution in [0.4, 0.5) is 5.69 Å². The number of rotatable bonds is 6. The summed E-state index contributed by atoms with van der Waals surface area (Å²) in [6.07, 6.45) is 2.72. The van der Waals surface area contributed by atoms with Gasteiger partial charge in [-0.25, -0.2) is 8.42 Å². The molecule has 0 spiro atoms. The molecule has 1 amide bonds. The summed E-state index contributed by atoms with van der Waals surface area (Å²) in [5, 5.41) is 2.68. The number of nitrogens with zero attached hydrogens (tertiary/aromatic N) is 2. The number of hydrogen-bond donors (Lipinski definition) is 1. The van der Waals surface area contributed by atoms with Gasteiger partial charge in [-0.05, 0) is 36.8 Å². The summed E-state index contributed by atoms with van der Waals surface area (Å²) >= 11 is 0. The Kier molecular flexibility index (Phi) is 5.33. The van der Waals surface area contributed by atoms with E-state index in [0.29, 0.717) is 11.4 Å². The largest absolute Gasteiger partial charge is 0.349 e. The van der Waals surface area contributed by atoms with Gasteiger partial charge in [0.05, 0.1) is 24.2 Å². The molecule has 0 aliphatic carbocycles. The second-order valence-corrected chi connectivity index (χ2v) is 7.11. The summed E-state index contributed by atoms with van der Waals surface area (Å²) in [5.74, 6) is -0.386. The Morgan fingerprint density at radius 3 is 2.61 bits per heavy atom. The molecule has 6 nitrogen and oxygen atoms in total. The molecule has 1 aromatic heterocycles. The van der Waals surface area contributed by atoms with E-state index >= 15 is 0 Å². The third-order valence-electron chi connectivity index (χ3n) is 3.17. The summed E-state index contributed by atoms with van der Waals surface area (Å²) in [4.78, 5) is 16.2. The first kappa shape index (κ1) is 17.0. The van der Waals surface area contributed by atoms with Crippen molar-refractivity contribution in [1.82, 2.24) is 10.3 Å². The van der Waals surface area contributed by atoms with Crippen LogP contribution in [0.25, 0.3) is 0 Å². The van der Waals surface area contributed by atoms with Crippen molar-refractivity contribution in [1.29, 1.82) is 0 Å². The number of carbonyl (C=O) groups is 1. The number of carbonyl (C=O) groups excluding carboxylic acids is 1. The molecule has 0 aliphatic rings. The van der Waals surface area contributed by atoms with E-state index in [4.69, 9.17) is 0 Å². The lowest BCUT2D eigenvalue weighted by Gasteiger charge is -2.22. The topological polar surface area (TPSA) is 79.4 Å². The Labute approximate surface area is 136 Å². The molecule has 1 aromatic carbocycles. The highest BCUT2D eigenvalue weighted by Gasteiger charge is 2.20. The molecule has 0 unspecified atom stereocenters. The summed E-state index contributed by atoms with van der Waals surface area (Å²) < 4.78 is 25.1. The van der Waals surface area contributed by atoms with E-state index in [-0.39, 0.29) is 19.0 Å². The standard InChI is InChI=1S/C16H19N3O3S/c1-13-6-5-8-15(10-13)19(23(2,21)22)12-16(20)18-11-14-7-3-4-9-17-14/h3-10H,11-12H2,1-2H3,(H,18,20). The monoisotopic (exact) mass is 333 g/mol. The van der Waals surface area contributed by atoms with Crippen LogP contribution in [0.15, 0.2) is 48.7 Å². The van der Waals surface area contributed by atoms with Crippen molar-refractivity contribution in [2.45, 2.75) is 13.5 Å². The molecule has 1 heterocycles. The smallest absolute Gasteiger partial charge is 0.241 e. The number of sulfonamides is 1. The summed E-state index contributed by atoms with van der Waals surface area (Å²) in [6.45, 7) is 1.85. The lowest BCUT2D eigenvalue weighted by atomic mass is 10.2. The van der Waals surface area contributed by atoms with Crippen LogP contribution >= 0.6 is 0 Å². The Morgan fingerprint density at radius 1 is 1.22 bits per heavy atom. The minimum atomic E-state index is -3.56. The van der Waals surface area contributed by atoms with Gasteiger partial charge >= 0.3 is 0 Å². The third kappa shape index (κ3) is 5.07. The predicted molar refractivity (Wildman–Crippen MR) is 89.5 cm³/mol. The fraction of sp³-hybridized carbons (Fsp3) is 0.250. The van der Waals surface area contributed by atoms with Gasteiger partial charge in [0.1, 0.15) is 6.54 Å². The first-order valence-electron chi connectivity index (χ1n) is 7.07. The molecule has 7 heteroatoms. The average Bonchev–Trinajstić information content (AvgIpc) is 2.50. The van der Waals surface area contributed by atoms with Gasteiger partial charge in [0.25, 0.3) is 0 Å². The van der Waals surface area contributed by atoms with Crippen molar-refractivity contribution in [2.24, 2.45) is 0 Å². The van der Waals surface area contributed by atoms with Crippen LogP contribution in [0.2, 0.25) is 0 Å². The zero-order valence-corrected chi connectivity index (χ0v) is 13.9. The lowest BCUT2D eigenvalue weighted by Crippen LogP contribution is -2.40. The van der Waals surface area contributed by atoms with E-state index in [1.165, 1.54) is 0 Å². The third-order valence-corrected chi connectivity index (χ3v) is 4.31. The van der Waals surface area contributed by atoms with E-state index in [1.807, 2.05) is 19.1 Å². The van der Waals surface area contributed by atoms with Crippen LogP contribution in [0.5, 0.6) is 0 Å². The molecular formula is C16H19N3O3S. The highest BCUT2D eigenvalue weighted by Crippen LogP contribution is 2.18. The maximum atomic E-state index is 12.1.